The van der Waals surface area contributed by atoms with Crippen LogP contribution in [0, 0.1) is 0 Å². The van der Waals surface area contributed by atoms with E-state index in [4.69, 9.17) is 5.73 Å². The van der Waals surface area contributed by atoms with Crippen LogP contribution in [-0.4, -0.2) is 26.1 Å². The molecule has 1 saturated carbocycles. The average molecular weight is 310 g/mol. The van der Waals surface area contributed by atoms with Crippen LogP contribution >= 0.6 is 0 Å². The van der Waals surface area contributed by atoms with Crippen molar-refractivity contribution >= 4 is 21.4 Å². The summed E-state index contributed by atoms with van der Waals surface area (Å²) in [6.45, 7) is 2.04. The molecule has 1 aromatic carbocycles. The fourth-order valence-electron chi connectivity index (χ4n) is 2.77. The van der Waals surface area contributed by atoms with Gasteiger partial charge < -0.3 is 11.1 Å². The van der Waals surface area contributed by atoms with Gasteiger partial charge in [0.15, 0.2) is 9.84 Å². The zero-order valence-electron chi connectivity index (χ0n) is 12.5. The lowest BCUT2D eigenvalue weighted by Crippen LogP contribution is -2.47. The second kappa shape index (κ2) is 5.67. The molecule has 1 fully saturated rings. The van der Waals surface area contributed by atoms with Crippen molar-refractivity contribution in [2.45, 2.75) is 49.5 Å². The third-order valence-corrected chi connectivity index (χ3v) is 5.08. The number of rotatable bonds is 3. The summed E-state index contributed by atoms with van der Waals surface area (Å²) in [5.74, 6) is -0.267. The summed E-state index contributed by atoms with van der Waals surface area (Å²) in [5, 5.41) is 3.03. The summed E-state index contributed by atoms with van der Waals surface area (Å²) < 4.78 is 23.3. The lowest BCUT2D eigenvalue weighted by molar-refractivity contribution is 0.0882. The Labute approximate surface area is 125 Å². The summed E-state index contributed by atoms with van der Waals surface area (Å²) >= 11 is 0. The Morgan fingerprint density at radius 1 is 1.19 bits per heavy atom. The van der Waals surface area contributed by atoms with Crippen LogP contribution in [0.1, 0.15) is 49.4 Å². The fraction of sp³-hybridized carbons (Fsp3) is 0.533. The quantitative estimate of drug-likeness (QED) is 0.837. The third-order valence-electron chi connectivity index (χ3n) is 3.99. The first-order chi connectivity index (χ1) is 9.70. The van der Waals surface area contributed by atoms with Gasteiger partial charge in [-0.25, -0.2) is 8.42 Å². The number of benzene rings is 1. The van der Waals surface area contributed by atoms with E-state index in [1.165, 1.54) is 24.6 Å². The molecule has 1 aliphatic carbocycles. The van der Waals surface area contributed by atoms with Crippen molar-refractivity contribution in [3.05, 3.63) is 23.8 Å². The molecule has 2 rings (SSSR count). The Bertz CT molecular complexity index is 647. The Hall–Kier alpha value is -1.56. The molecule has 1 amide bonds. The Morgan fingerprint density at radius 3 is 2.38 bits per heavy atom. The minimum atomic E-state index is -3.39. The van der Waals surface area contributed by atoms with Gasteiger partial charge in [-0.2, -0.15) is 0 Å². The molecule has 3 N–H and O–H groups in total. The van der Waals surface area contributed by atoms with Gasteiger partial charge in [-0.05, 0) is 38.0 Å². The van der Waals surface area contributed by atoms with Gasteiger partial charge in [0.25, 0.3) is 5.91 Å². The van der Waals surface area contributed by atoms with Crippen LogP contribution < -0.4 is 11.1 Å². The first-order valence-corrected chi connectivity index (χ1v) is 9.02. The maximum atomic E-state index is 12.4. The van der Waals surface area contributed by atoms with Gasteiger partial charge in [0, 0.05) is 23.0 Å². The Balaban J connectivity index is 2.25. The van der Waals surface area contributed by atoms with Crippen LogP contribution in [0.5, 0.6) is 0 Å². The van der Waals surface area contributed by atoms with Gasteiger partial charge in [0.05, 0.1) is 4.90 Å². The molecule has 1 aromatic rings. The maximum absolute atomic E-state index is 12.4. The monoisotopic (exact) mass is 310 g/mol. The lowest BCUT2D eigenvalue weighted by atomic mass is 9.83. The Kier molecular flexibility index (Phi) is 4.27. The molecular formula is C15H22N2O3S. The summed E-state index contributed by atoms with van der Waals surface area (Å²) in [5.41, 5.74) is 6.07. The molecule has 0 radical (unpaired) electrons. The second-order valence-electron chi connectivity index (χ2n) is 6.14. The van der Waals surface area contributed by atoms with Crippen molar-refractivity contribution in [2.75, 3.05) is 12.0 Å². The zero-order chi connectivity index (χ0) is 15.7. The van der Waals surface area contributed by atoms with Crippen LogP contribution in [0.15, 0.2) is 23.1 Å². The number of sulfone groups is 1. The largest absolute Gasteiger partial charge is 0.399 e. The number of nitrogen functional groups attached to an aromatic ring is 1. The molecular weight excluding hydrogens is 288 g/mol. The number of carbonyl (C=O) groups excluding carboxylic acids is 1. The number of nitrogens with one attached hydrogen (secondary N) is 1. The molecule has 0 unspecified atom stereocenters. The standard InChI is InChI=1S/C15H22N2O3S/c1-15(6-4-3-5-7-15)17-14(18)11-8-12(16)10-13(9-11)21(2,19)20/h8-10H,3-7,16H2,1-2H3,(H,17,18). The first kappa shape index (κ1) is 15.8. The first-order valence-electron chi connectivity index (χ1n) is 7.13. The van der Waals surface area contributed by atoms with Gasteiger partial charge >= 0.3 is 0 Å². The van der Waals surface area contributed by atoms with E-state index < -0.39 is 9.84 Å². The molecule has 0 atom stereocenters. The number of carbonyl (C=O) groups is 1. The normalized spacial score (nSPS) is 18.2. The van der Waals surface area contributed by atoms with Crippen LogP contribution in [0.3, 0.4) is 0 Å². The van der Waals surface area contributed by atoms with Crippen molar-refractivity contribution in [3.8, 4) is 0 Å². The van der Waals surface area contributed by atoms with Crippen LogP contribution in [0.2, 0.25) is 0 Å². The van der Waals surface area contributed by atoms with E-state index in [2.05, 4.69) is 5.32 Å². The van der Waals surface area contributed by atoms with E-state index in [9.17, 15) is 13.2 Å². The van der Waals surface area contributed by atoms with Crippen LogP contribution in [0.4, 0.5) is 5.69 Å². The number of amides is 1. The van der Waals surface area contributed by atoms with Gasteiger partial charge in [-0.3, -0.25) is 4.79 Å². The van der Waals surface area contributed by atoms with Gasteiger partial charge in [-0.1, -0.05) is 19.3 Å². The predicted octanol–water partition coefficient (Wildman–Crippen LogP) is 2.12. The molecule has 0 bridgehead atoms. The number of nitrogens with two attached hydrogens (primary N) is 1. The summed E-state index contributed by atoms with van der Waals surface area (Å²) in [6, 6.07) is 4.26. The number of hydrogen-bond donors (Lipinski definition) is 2. The van der Waals surface area contributed by atoms with Gasteiger partial charge in [-0.15, -0.1) is 0 Å². The molecule has 0 spiro atoms. The van der Waals surface area contributed by atoms with E-state index in [1.807, 2.05) is 6.92 Å². The van der Waals surface area contributed by atoms with Crippen molar-refractivity contribution in [2.24, 2.45) is 0 Å². The maximum Gasteiger partial charge on any atom is 0.251 e. The van der Waals surface area contributed by atoms with E-state index in [-0.39, 0.29) is 22.0 Å². The van der Waals surface area contributed by atoms with Crippen LogP contribution in [0.25, 0.3) is 0 Å². The smallest absolute Gasteiger partial charge is 0.251 e. The molecule has 0 saturated heterocycles. The molecule has 0 heterocycles. The molecule has 1 aliphatic rings. The fourth-order valence-corrected chi connectivity index (χ4v) is 3.46. The zero-order valence-corrected chi connectivity index (χ0v) is 13.3. The topological polar surface area (TPSA) is 89.3 Å². The van der Waals surface area contributed by atoms with Crippen LogP contribution in [-0.2, 0) is 9.84 Å². The van der Waals surface area contributed by atoms with Crippen molar-refractivity contribution in [3.63, 3.8) is 0 Å². The molecule has 5 nitrogen and oxygen atoms in total. The highest BCUT2D eigenvalue weighted by molar-refractivity contribution is 7.90. The second-order valence-corrected chi connectivity index (χ2v) is 8.15. The highest BCUT2D eigenvalue weighted by Gasteiger charge is 2.29. The van der Waals surface area contributed by atoms with Gasteiger partial charge in [0.2, 0.25) is 0 Å². The van der Waals surface area contributed by atoms with Crippen molar-refractivity contribution < 1.29 is 13.2 Å². The molecule has 6 heteroatoms. The third kappa shape index (κ3) is 3.97. The Morgan fingerprint density at radius 2 is 1.81 bits per heavy atom. The molecule has 116 valence electrons. The molecule has 21 heavy (non-hydrogen) atoms. The predicted molar refractivity (Wildman–Crippen MR) is 82.9 cm³/mol. The van der Waals surface area contributed by atoms with Crippen molar-refractivity contribution in [1.82, 2.24) is 5.32 Å². The summed E-state index contributed by atoms with van der Waals surface area (Å²) in [6.07, 6.45) is 6.39. The van der Waals surface area contributed by atoms with E-state index in [1.54, 1.807) is 0 Å². The lowest BCUT2D eigenvalue weighted by Gasteiger charge is -2.34. The minimum absolute atomic E-state index is 0.0708. The minimum Gasteiger partial charge on any atom is -0.399 e. The number of anilines is 1. The number of hydrogen-bond acceptors (Lipinski definition) is 4. The average Bonchev–Trinajstić information content (AvgIpc) is 2.37. The van der Waals surface area contributed by atoms with E-state index in [0.29, 0.717) is 5.56 Å². The van der Waals surface area contributed by atoms with Gasteiger partial charge in [0.1, 0.15) is 0 Å². The summed E-state index contributed by atoms with van der Waals surface area (Å²) in [7, 11) is -3.39. The molecule has 0 aliphatic heterocycles. The SMILES string of the molecule is CC1(NC(=O)c2cc(N)cc(S(C)(=O)=O)c2)CCCCC1. The molecule has 0 aromatic heterocycles. The van der Waals surface area contributed by atoms with E-state index in [0.717, 1.165) is 31.9 Å². The highest BCUT2D eigenvalue weighted by Crippen LogP contribution is 2.28. The highest BCUT2D eigenvalue weighted by atomic mass is 32.2. The van der Waals surface area contributed by atoms with E-state index >= 15 is 0 Å². The van der Waals surface area contributed by atoms with Crippen molar-refractivity contribution in [1.29, 1.82) is 0 Å². The summed E-state index contributed by atoms with van der Waals surface area (Å²) in [4.78, 5) is 12.5.